The molecule has 0 fully saturated rings. The van der Waals surface area contributed by atoms with Crippen LogP contribution < -0.4 is 0 Å². The predicted octanol–water partition coefficient (Wildman–Crippen LogP) is 2.03. The largest absolute Gasteiger partial charge is 0.384 e. The second-order valence-electron chi connectivity index (χ2n) is 3.77. The van der Waals surface area contributed by atoms with Crippen LogP contribution in [0.1, 0.15) is 32.1 Å². The number of halogens is 1. The van der Waals surface area contributed by atoms with Gasteiger partial charge >= 0.3 is 0 Å². The summed E-state index contributed by atoms with van der Waals surface area (Å²) in [6, 6.07) is 0. The first-order valence-corrected chi connectivity index (χ1v) is 5.66. The molecule has 5 heteroatoms. The van der Waals surface area contributed by atoms with Crippen molar-refractivity contribution in [3.8, 4) is 0 Å². The van der Waals surface area contributed by atoms with Crippen molar-refractivity contribution in [2.24, 2.45) is 7.05 Å². The highest BCUT2D eigenvalue weighted by Crippen LogP contribution is 2.34. The first-order valence-electron chi connectivity index (χ1n) is 4.87. The van der Waals surface area contributed by atoms with Gasteiger partial charge in [-0.25, -0.2) is 0 Å². The van der Waals surface area contributed by atoms with E-state index in [1.54, 1.807) is 25.0 Å². The van der Waals surface area contributed by atoms with Crippen LogP contribution in [0.4, 0.5) is 0 Å². The molecule has 2 unspecified atom stereocenters. The number of nitrogens with zero attached hydrogens (tertiary/aromatic N) is 2. The highest BCUT2D eigenvalue weighted by molar-refractivity contribution is 9.10. The second kappa shape index (κ2) is 4.63. The minimum Gasteiger partial charge on any atom is -0.384 e. The summed E-state index contributed by atoms with van der Waals surface area (Å²) in [5, 5.41) is 14.3. The van der Waals surface area contributed by atoms with E-state index >= 15 is 0 Å². The third-order valence-corrected chi connectivity index (χ3v) is 3.55. The van der Waals surface area contributed by atoms with Crippen LogP contribution in [0.25, 0.3) is 0 Å². The Bertz CT molecular complexity index is 315. The number of rotatable bonds is 4. The van der Waals surface area contributed by atoms with Crippen LogP contribution in [0, 0.1) is 0 Å². The maximum atomic E-state index is 10.3. The zero-order valence-electron chi connectivity index (χ0n) is 9.49. The summed E-state index contributed by atoms with van der Waals surface area (Å²) in [6.45, 7) is 3.87. The molecule has 86 valence electrons. The molecular formula is C10H17BrN2O2. The molecule has 0 aromatic carbocycles. The van der Waals surface area contributed by atoms with E-state index in [4.69, 9.17) is 4.74 Å². The lowest BCUT2D eigenvalue weighted by Crippen LogP contribution is -2.35. The van der Waals surface area contributed by atoms with Crippen LogP contribution in [-0.4, -0.2) is 27.6 Å². The first-order chi connectivity index (χ1) is 6.96. The Hall–Kier alpha value is -0.390. The second-order valence-corrected chi connectivity index (χ2v) is 4.63. The number of aryl methyl sites for hydroxylation is 1. The van der Waals surface area contributed by atoms with Gasteiger partial charge in [-0.3, -0.25) is 4.68 Å². The standard InChI is InChI=1S/C10H17BrN2O2/c1-5-10(2,15-4)9(14)8-7(11)6-12-13(8)3/h6,9,14H,5H2,1-4H3. The molecule has 0 radical (unpaired) electrons. The SMILES string of the molecule is CCC(C)(OC)C(O)c1c(Br)cnn1C. The number of aromatic nitrogens is 2. The quantitative estimate of drug-likeness (QED) is 0.916. The van der Waals surface area contributed by atoms with E-state index in [0.717, 1.165) is 16.6 Å². The molecule has 0 bridgehead atoms. The van der Waals surface area contributed by atoms with Gasteiger partial charge in [-0.2, -0.15) is 5.10 Å². The molecule has 1 heterocycles. The van der Waals surface area contributed by atoms with Crippen molar-refractivity contribution in [3.05, 3.63) is 16.4 Å². The molecule has 2 atom stereocenters. The number of aliphatic hydroxyl groups is 1. The normalized spacial score (nSPS) is 17.5. The summed E-state index contributed by atoms with van der Waals surface area (Å²) in [4.78, 5) is 0. The molecule has 0 saturated heterocycles. The Labute approximate surface area is 98.4 Å². The van der Waals surface area contributed by atoms with Gasteiger partial charge in [-0.1, -0.05) is 6.92 Å². The maximum absolute atomic E-state index is 10.3. The van der Waals surface area contributed by atoms with Gasteiger partial charge in [0, 0.05) is 14.2 Å². The minimum absolute atomic E-state index is 0.587. The van der Waals surface area contributed by atoms with Crippen LogP contribution >= 0.6 is 15.9 Å². The summed E-state index contributed by atoms with van der Waals surface area (Å²) in [5.41, 5.74) is 0.150. The summed E-state index contributed by atoms with van der Waals surface area (Å²) in [5.74, 6) is 0. The summed E-state index contributed by atoms with van der Waals surface area (Å²) >= 11 is 3.37. The summed E-state index contributed by atoms with van der Waals surface area (Å²) in [6.07, 6.45) is 1.70. The zero-order valence-corrected chi connectivity index (χ0v) is 11.1. The fourth-order valence-corrected chi connectivity index (χ4v) is 2.03. The maximum Gasteiger partial charge on any atom is 0.125 e. The number of aliphatic hydroxyl groups excluding tert-OH is 1. The monoisotopic (exact) mass is 276 g/mol. The highest BCUT2D eigenvalue weighted by atomic mass is 79.9. The minimum atomic E-state index is -0.700. The van der Waals surface area contributed by atoms with Gasteiger partial charge < -0.3 is 9.84 Å². The first kappa shape index (κ1) is 12.7. The van der Waals surface area contributed by atoms with Gasteiger partial charge in [0.1, 0.15) is 6.10 Å². The Morgan fingerprint density at radius 2 is 2.33 bits per heavy atom. The molecule has 0 aliphatic heterocycles. The molecule has 1 rings (SSSR count). The molecule has 0 aliphatic rings. The lowest BCUT2D eigenvalue weighted by molar-refractivity contribution is -0.0975. The van der Waals surface area contributed by atoms with Crippen molar-refractivity contribution >= 4 is 15.9 Å². The zero-order chi connectivity index (χ0) is 11.6. The lowest BCUT2D eigenvalue weighted by atomic mass is 9.93. The number of hydrogen-bond donors (Lipinski definition) is 1. The number of methoxy groups -OCH3 is 1. The fourth-order valence-electron chi connectivity index (χ4n) is 1.47. The van der Waals surface area contributed by atoms with E-state index in [0.29, 0.717) is 0 Å². The van der Waals surface area contributed by atoms with E-state index in [1.165, 1.54) is 0 Å². The molecule has 0 saturated carbocycles. The smallest absolute Gasteiger partial charge is 0.125 e. The van der Waals surface area contributed by atoms with Crippen LogP contribution in [0.15, 0.2) is 10.7 Å². The van der Waals surface area contributed by atoms with Crippen molar-refractivity contribution in [2.45, 2.75) is 32.0 Å². The van der Waals surface area contributed by atoms with E-state index in [1.807, 2.05) is 13.8 Å². The Morgan fingerprint density at radius 3 is 2.67 bits per heavy atom. The van der Waals surface area contributed by atoms with Crippen molar-refractivity contribution in [3.63, 3.8) is 0 Å². The van der Waals surface area contributed by atoms with Crippen molar-refractivity contribution < 1.29 is 9.84 Å². The molecule has 1 N–H and O–H groups in total. The van der Waals surface area contributed by atoms with Crippen LogP contribution in [0.3, 0.4) is 0 Å². The molecule has 4 nitrogen and oxygen atoms in total. The van der Waals surface area contributed by atoms with E-state index in [2.05, 4.69) is 21.0 Å². The molecule has 1 aromatic heterocycles. The average molecular weight is 277 g/mol. The van der Waals surface area contributed by atoms with Gasteiger partial charge in [0.2, 0.25) is 0 Å². The third kappa shape index (κ3) is 2.24. The van der Waals surface area contributed by atoms with Crippen molar-refractivity contribution in [1.82, 2.24) is 9.78 Å². The molecule has 1 aromatic rings. The Kier molecular flexibility index (Phi) is 3.92. The molecule has 0 aliphatic carbocycles. The van der Waals surface area contributed by atoms with Crippen LogP contribution in [0.2, 0.25) is 0 Å². The summed E-state index contributed by atoms with van der Waals surface area (Å²) < 4.78 is 7.83. The Morgan fingerprint density at radius 1 is 1.73 bits per heavy atom. The average Bonchev–Trinajstić information content (AvgIpc) is 2.56. The fraction of sp³-hybridized carbons (Fsp3) is 0.700. The van der Waals surface area contributed by atoms with E-state index < -0.39 is 11.7 Å². The van der Waals surface area contributed by atoms with Gasteiger partial charge in [0.25, 0.3) is 0 Å². The van der Waals surface area contributed by atoms with Crippen molar-refractivity contribution in [2.75, 3.05) is 7.11 Å². The summed E-state index contributed by atoms with van der Waals surface area (Å²) in [7, 11) is 3.41. The molecule has 0 amide bonds. The van der Waals surface area contributed by atoms with Gasteiger partial charge in [-0.05, 0) is 29.3 Å². The molecular weight excluding hydrogens is 260 g/mol. The van der Waals surface area contributed by atoms with Gasteiger partial charge in [0.15, 0.2) is 0 Å². The van der Waals surface area contributed by atoms with Crippen LogP contribution in [0.5, 0.6) is 0 Å². The van der Waals surface area contributed by atoms with Gasteiger partial charge in [-0.15, -0.1) is 0 Å². The van der Waals surface area contributed by atoms with Crippen molar-refractivity contribution in [1.29, 1.82) is 0 Å². The number of hydrogen-bond acceptors (Lipinski definition) is 3. The van der Waals surface area contributed by atoms with E-state index in [-0.39, 0.29) is 0 Å². The highest BCUT2D eigenvalue weighted by Gasteiger charge is 2.35. The Balaban J connectivity index is 3.08. The topological polar surface area (TPSA) is 47.3 Å². The third-order valence-electron chi connectivity index (χ3n) is 2.94. The molecule has 15 heavy (non-hydrogen) atoms. The number of ether oxygens (including phenoxy) is 1. The lowest BCUT2D eigenvalue weighted by Gasteiger charge is -2.32. The predicted molar refractivity (Wildman–Crippen MR) is 61.6 cm³/mol. The van der Waals surface area contributed by atoms with Gasteiger partial charge in [0.05, 0.1) is 22.0 Å². The molecule has 0 spiro atoms. The van der Waals surface area contributed by atoms with E-state index in [9.17, 15) is 5.11 Å². The van der Waals surface area contributed by atoms with Crippen LogP contribution in [-0.2, 0) is 11.8 Å².